The zero-order chi connectivity index (χ0) is 20.7. The molecule has 3 aromatic rings. The molecule has 2 amide bonds. The largest absolute Gasteiger partial charge is 0.420 e. The summed E-state index contributed by atoms with van der Waals surface area (Å²) in [5.74, 6) is -0.763. The van der Waals surface area contributed by atoms with Crippen molar-refractivity contribution in [1.29, 1.82) is 0 Å². The van der Waals surface area contributed by atoms with Gasteiger partial charge < -0.3 is 14.2 Å². The second-order valence-electron chi connectivity index (χ2n) is 7.97. The second-order valence-corrected chi connectivity index (χ2v) is 7.97. The number of oxazole rings is 1. The van der Waals surface area contributed by atoms with Gasteiger partial charge in [0, 0.05) is 31.7 Å². The minimum absolute atomic E-state index is 0.0476. The molecular formula is C23H23N3O4. The van der Waals surface area contributed by atoms with Crippen molar-refractivity contribution in [2.24, 2.45) is 0 Å². The number of fused-ring (bicyclic) bond motifs is 2. The molecule has 0 spiro atoms. The molecule has 2 aliphatic rings. The molecule has 3 heterocycles. The molecule has 0 aliphatic carbocycles. The molecule has 154 valence electrons. The van der Waals surface area contributed by atoms with Gasteiger partial charge in [-0.1, -0.05) is 24.3 Å². The fourth-order valence-electron chi connectivity index (χ4n) is 4.39. The molecule has 0 radical (unpaired) electrons. The van der Waals surface area contributed by atoms with Crippen LogP contribution in [0.4, 0.5) is 0 Å². The number of aromatic nitrogens is 1. The quantitative estimate of drug-likeness (QED) is 0.671. The molecule has 0 saturated carbocycles. The Morgan fingerprint density at radius 2 is 1.70 bits per heavy atom. The molecule has 2 aromatic carbocycles. The lowest BCUT2D eigenvalue weighted by Gasteiger charge is -2.28. The number of nitrogens with zero attached hydrogens (tertiary/aromatic N) is 3. The lowest BCUT2D eigenvalue weighted by atomic mass is 10.00. The highest BCUT2D eigenvalue weighted by Gasteiger charge is 2.24. The van der Waals surface area contributed by atoms with Gasteiger partial charge in [0.15, 0.2) is 5.58 Å². The molecule has 1 fully saturated rings. The summed E-state index contributed by atoms with van der Waals surface area (Å²) in [4.78, 5) is 41.7. The maximum Gasteiger partial charge on any atom is 0.420 e. The molecule has 0 atom stereocenters. The Kier molecular flexibility index (Phi) is 4.65. The molecular weight excluding hydrogens is 382 g/mol. The molecule has 7 heteroatoms. The summed E-state index contributed by atoms with van der Waals surface area (Å²) >= 11 is 0. The van der Waals surface area contributed by atoms with Gasteiger partial charge >= 0.3 is 5.76 Å². The van der Waals surface area contributed by atoms with Crippen molar-refractivity contribution in [3.05, 3.63) is 69.7 Å². The maximum absolute atomic E-state index is 12.9. The van der Waals surface area contributed by atoms with E-state index in [4.69, 9.17) is 4.42 Å². The average Bonchev–Trinajstić information content (AvgIpc) is 3.41. The van der Waals surface area contributed by atoms with E-state index in [-0.39, 0.29) is 18.4 Å². The van der Waals surface area contributed by atoms with E-state index >= 15 is 0 Å². The van der Waals surface area contributed by atoms with Gasteiger partial charge in [-0.05, 0) is 48.6 Å². The van der Waals surface area contributed by atoms with E-state index in [1.54, 1.807) is 23.1 Å². The minimum atomic E-state index is -0.582. The van der Waals surface area contributed by atoms with Crippen LogP contribution in [0.25, 0.3) is 11.1 Å². The van der Waals surface area contributed by atoms with Gasteiger partial charge in [0.2, 0.25) is 5.91 Å². The molecule has 2 aliphatic heterocycles. The van der Waals surface area contributed by atoms with Gasteiger partial charge in [-0.25, -0.2) is 4.79 Å². The summed E-state index contributed by atoms with van der Waals surface area (Å²) in [6.07, 6.45) is 2.83. The standard InChI is InChI=1S/C23H23N3O4/c27-21(25-12-9-16-5-1-2-6-18(16)14-25)15-26-19-13-17(7-8-20(19)30-23(26)29)22(28)24-10-3-4-11-24/h1-2,5-8,13H,3-4,9-12,14-15H2. The van der Waals surface area contributed by atoms with Crippen LogP contribution in [0, 0.1) is 0 Å². The van der Waals surface area contributed by atoms with Crippen molar-refractivity contribution in [3.8, 4) is 0 Å². The summed E-state index contributed by atoms with van der Waals surface area (Å²) < 4.78 is 6.65. The van der Waals surface area contributed by atoms with Crippen LogP contribution >= 0.6 is 0 Å². The maximum atomic E-state index is 12.9. The van der Waals surface area contributed by atoms with E-state index in [0.29, 0.717) is 29.8 Å². The summed E-state index contributed by atoms with van der Waals surface area (Å²) in [6.45, 7) is 2.57. The summed E-state index contributed by atoms with van der Waals surface area (Å²) in [6, 6.07) is 13.1. The fourth-order valence-corrected chi connectivity index (χ4v) is 4.39. The van der Waals surface area contributed by atoms with Crippen molar-refractivity contribution in [3.63, 3.8) is 0 Å². The van der Waals surface area contributed by atoms with E-state index < -0.39 is 5.76 Å². The Morgan fingerprint density at radius 3 is 2.50 bits per heavy atom. The normalized spacial score (nSPS) is 16.1. The first-order valence-corrected chi connectivity index (χ1v) is 10.4. The Labute approximate surface area is 173 Å². The average molecular weight is 405 g/mol. The summed E-state index contributed by atoms with van der Waals surface area (Å²) in [5, 5.41) is 0. The van der Waals surface area contributed by atoms with Crippen molar-refractivity contribution in [1.82, 2.24) is 14.4 Å². The molecule has 30 heavy (non-hydrogen) atoms. The molecule has 0 N–H and O–H groups in total. The lowest BCUT2D eigenvalue weighted by molar-refractivity contribution is -0.132. The fraction of sp³-hybridized carbons (Fsp3) is 0.348. The topological polar surface area (TPSA) is 75.8 Å². The Balaban J connectivity index is 1.40. The Morgan fingerprint density at radius 1 is 0.933 bits per heavy atom. The van der Waals surface area contributed by atoms with Crippen molar-refractivity contribution in [2.75, 3.05) is 19.6 Å². The highest BCUT2D eigenvalue weighted by atomic mass is 16.4. The van der Waals surface area contributed by atoms with Crippen LogP contribution < -0.4 is 5.76 Å². The number of carbonyl (C=O) groups is 2. The van der Waals surface area contributed by atoms with Gasteiger partial charge in [-0.3, -0.25) is 14.2 Å². The minimum Gasteiger partial charge on any atom is -0.408 e. The smallest absolute Gasteiger partial charge is 0.408 e. The van der Waals surface area contributed by atoms with E-state index in [9.17, 15) is 14.4 Å². The van der Waals surface area contributed by atoms with Gasteiger partial charge in [0.1, 0.15) is 6.54 Å². The third-order valence-corrected chi connectivity index (χ3v) is 6.08. The van der Waals surface area contributed by atoms with E-state index in [0.717, 1.165) is 37.9 Å². The molecule has 1 aromatic heterocycles. The number of hydrogen-bond acceptors (Lipinski definition) is 4. The first-order valence-electron chi connectivity index (χ1n) is 10.4. The SMILES string of the molecule is O=C(Cn1c(=O)oc2ccc(C(=O)N3CCCC3)cc21)N1CCc2ccccc2C1. The monoisotopic (exact) mass is 405 g/mol. The van der Waals surface area contributed by atoms with Crippen LogP contribution in [0.15, 0.2) is 51.7 Å². The third kappa shape index (κ3) is 3.30. The van der Waals surface area contributed by atoms with Crippen LogP contribution in [-0.2, 0) is 24.3 Å². The van der Waals surface area contributed by atoms with Gasteiger partial charge in [0.05, 0.1) is 5.52 Å². The number of likely N-dealkylation sites (tertiary alicyclic amines) is 1. The lowest BCUT2D eigenvalue weighted by Crippen LogP contribution is -2.39. The molecule has 7 nitrogen and oxygen atoms in total. The first-order chi connectivity index (χ1) is 14.6. The zero-order valence-electron chi connectivity index (χ0n) is 16.7. The number of benzene rings is 2. The molecule has 1 saturated heterocycles. The second kappa shape index (κ2) is 7.48. The van der Waals surface area contributed by atoms with E-state index in [1.165, 1.54) is 10.1 Å². The van der Waals surface area contributed by atoms with Gasteiger partial charge in [-0.2, -0.15) is 0 Å². The highest BCUT2D eigenvalue weighted by molar-refractivity contribution is 5.97. The number of amides is 2. The highest BCUT2D eigenvalue weighted by Crippen LogP contribution is 2.21. The number of hydrogen-bond donors (Lipinski definition) is 0. The Bertz CT molecular complexity index is 1190. The van der Waals surface area contributed by atoms with Crippen molar-refractivity contribution < 1.29 is 14.0 Å². The summed E-state index contributed by atoms with van der Waals surface area (Å²) in [7, 11) is 0. The van der Waals surface area contributed by atoms with Crippen molar-refractivity contribution in [2.45, 2.75) is 32.4 Å². The zero-order valence-corrected chi connectivity index (χ0v) is 16.7. The predicted molar refractivity (Wildman–Crippen MR) is 111 cm³/mol. The summed E-state index contributed by atoms with van der Waals surface area (Å²) in [5.41, 5.74) is 3.78. The van der Waals surface area contributed by atoms with Gasteiger partial charge in [-0.15, -0.1) is 0 Å². The predicted octanol–water partition coefficient (Wildman–Crippen LogP) is 2.42. The van der Waals surface area contributed by atoms with Crippen LogP contribution in [0.1, 0.15) is 34.3 Å². The van der Waals surface area contributed by atoms with Crippen LogP contribution in [-0.4, -0.2) is 45.8 Å². The van der Waals surface area contributed by atoms with Crippen LogP contribution in [0.2, 0.25) is 0 Å². The third-order valence-electron chi connectivity index (χ3n) is 6.08. The molecule has 5 rings (SSSR count). The van der Waals surface area contributed by atoms with Crippen LogP contribution in [0.3, 0.4) is 0 Å². The van der Waals surface area contributed by atoms with E-state index in [1.807, 2.05) is 23.1 Å². The number of rotatable bonds is 3. The molecule has 0 unspecified atom stereocenters. The number of carbonyl (C=O) groups excluding carboxylic acids is 2. The first kappa shape index (κ1) is 18.7. The molecule has 0 bridgehead atoms. The van der Waals surface area contributed by atoms with Crippen LogP contribution in [0.5, 0.6) is 0 Å². The van der Waals surface area contributed by atoms with Gasteiger partial charge in [0.25, 0.3) is 5.91 Å². The Hall–Kier alpha value is -3.35. The van der Waals surface area contributed by atoms with Crippen molar-refractivity contribution >= 4 is 22.9 Å². The van der Waals surface area contributed by atoms with E-state index in [2.05, 4.69) is 6.07 Å².